The molecule has 0 spiro atoms. The van der Waals surface area contributed by atoms with Crippen molar-refractivity contribution in [1.82, 2.24) is 15.3 Å². The first-order valence-electron chi connectivity index (χ1n) is 9.92. The van der Waals surface area contributed by atoms with Gasteiger partial charge >= 0.3 is 0 Å². The molecule has 1 N–H and O–H groups in total. The topological polar surface area (TPSA) is 67.3 Å². The van der Waals surface area contributed by atoms with Gasteiger partial charge in [0, 0.05) is 50.1 Å². The van der Waals surface area contributed by atoms with Gasteiger partial charge in [-0.25, -0.2) is 9.97 Å². The Morgan fingerprint density at radius 1 is 1.29 bits per heavy atom. The van der Waals surface area contributed by atoms with Crippen molar-refractivity contribution < 1.29 is 9.53 Å². The van der Waals surface area contributed by atoms with Crippen LogP contribution in [-0.2, 0) is 9.53 Å². The van der Waals surface area contributed by atoms with Gasteiger partial charge in [0.15, 0.2) is 5.82 Å². The molecule has 1 saturated heterocycles. The minimum absolute atomic E-state index is 0.0163. The van der Waals surface area contributed by atoms with Crippen LogP contribution in [0.25, 0.3) is 0 Å². The zero-order valence-electron chi connectivity index (χ0n) is 16.3. The quantitative estimate of drug-likeness (QED) is 0.651. The largest absolute Gasteiger partial charge is 0.382 e. The molecule has 0 saturated carbocycles. The third-order valence-corrected chi connectivity index (χ3v) is 5.65. The average Bonchev–Trinajstić information content (AvgIpc) is 2.75. The highest BCUT2D eigenvalue weighted by molar-refractivity contribution is 7.99. The Labute approximate surface area is 171 Å². The maximum atomic E-state index is 12.6. The van der Waals surface area contributed by atoms with Crippen molar-refractivity contribution in [2.24, 2.45) is 5.92 Å². The van der Waals surface area contributed by atoms with Crippen LogP contribution in [0.2, 0.25) is 0 Å². The van der Waals surface area contributed by atoms with E-state index in [2.05, 4.69) is 32.3 Å². The molecule has 1 amide bonds. The van der Waals surface area contributed by atoms with Gasteiger partial charge in [0.1, 0.15) is 5.03 Å². The summed E-state index contributed by atoms with van der Waals surface area (Å²) in [6.07, 6.45) is 6.18. The zero-order chi connectivity index (χ0) is 19.6. The Hall–Kier alpha value is -2.12. The van der Waals surface area contributed by atoms with Gasteiger partial charge in [0.25, 0.3) is 0 Å². The molecule has 1 aromatic heterocycles. The lowest BCUT2D eigenvalue weighted by molar-refractivity contribution is -0.125. The van der Waals surface area contributed by atoms with E-state index in [-0.39, 0.29) is 11.8 Å². The van der Waals surface area contributed by atoms with E-state index in [1.54, 1.807) is 24.2 Å². The van der Waals surface area contributed by atoms with E-state index in [9.17, 15) is 4.79 Å². The summed E-state index contributed by atoms with van der Waals surface area (Å²) < 4.78 is 5.32. The number of anilines is 1. The monoisotopic (exact) mass is 400 g/mol. The smallest absolute Gasteiger partial charge is 0.224 e. The first kappa shape index (κ1) is 20.6. The van der Waals surface area contributed by atoms with Crippen LogP contribution in [0.4, 0.5) is 5.82 Å². The third-order valence-electron chi connectivity index (χ3n) is 4.66. The van der Waals surface area contributed by atoms with Gasteiger partial charge in [0.2, 0.25) is 5.91 Å². The molecule has 7 heteroatoms. The van der Waals surface area contributed by atoms with Gasteiger partial charge < -0.3 is 15.0 Å². The fourth-order valence-corrected chi connectivity index (χ4v) is 4.17. The number of carbonyl (C=O) groups is 1. The minimum atomic E-state index is -0.0163. The summed E-state index contributed by atoms with van der Waals surface area (Å²) >= 11 is 1.61. The lowest BCUT2D eigenvalue weighted by atomic mass is 9.97. The molecule has 1 fully saturated rings. The van der Waals surface area contributed by atoms with Gasteiger partial charge in [-0.05, 0) is 38.3 Å². The van der Waals surface area contributed by atoms with Crippen LogP contribution in [0.1, 0.15) is 26.2 Å². The van der Waals surface area contributed by atoms with Crippen molar-refractivity contribution in [3.8, 4) is 0 Å². The predicted molar refractivity (Wildman–Crippen MR) is 112 cm³/mol. The van der Waals surface area contributed by atoms with Crippen molar-refractivity contribution in [2.75, 3.05) is 37.7 Å². The summed E-state index contributed by atoms with van der Waals surface area (Å²) in [6.45, 7) is 5.62. The maximum absolute atomic E-state index is 12.6. The number of nitrogens with one attached hydrogen (secondary N) is 1. The number of ether oxygens (including phenoxy) is 1. The van der Waals surface area contributed by atoms with Crippen LogP contribution in [0.5, 0.6) is 0 Å². The molecule has 28 heavy (non-hydrogen) atoms. The molecule has 1 aliphatic heterocycles. The molecule has 2 aromatic rings. The summed E-state index contributed by atoms with van der Waals surface area (Å²) in [5.41, 5.74) is 0. The first-order chi connectivity index (χ1) is 13.8. The first-order valence-corrected chi connectivity index (χ1v) is 10.7. The Kier molecular flexibility index (Phi) is 8.11. The van der Waals surface area contributed by atoms with E-state index in [0.29, 0.717) is 26.3 Å². The molecule has 3 rings (SSSR count). The van der Waals surface area contributed by atoms with Crippen LogP contribution in [-0.4, -0.2) is 48.7 Å². The van der Waals surface area contributed by atoms with Gasteiger partial charge in [-0.1, -0.05) is 30.0 Å². The summed E-state index contributed by atoms with van der Waals surface area (Å²) in [6, 6.07) is 10.2. The second-order valence-electron chi connectivity index (χ2n) is 6.73. The fraction of sp³-hybridized carbons (Fsp3) is 0.476. The second kappa shape index (κ2) is 11.0. The summed E-state index contributed by atoms with van der Waals surface area (Å²) in [7, 11) is 0. The van der Waals surface area contributed by atoms with Crippen molar-refractivity contribution >= 4 is 23.5 Å². The molecule has 0 aliphatic carbocycles. The Morgan fingerprint density at radius 2 is 2.11 bits per heavy atom. The molecular formula is C21H28N4O2S. The summed E-state index contributed by atoms with van der Waals surface area (Å²) in [4.78, 5) is 25.0. The molecule has 150 valence electrons. The van der Waals surface area contributed by atoms with E-state index >= 15 is 0 Å². The van der Waals surface area contributed by atoms with Crippen molar-refractivity contribution in [1.29, 1.82) is 0 Å². The maximum Gasteiger partial charge on any atom is 0.224 e. The van der Waals surface area contributed by atoms with Crippen LogP contribution in [0.3, 0.4) is 0 Å². The van der Waals surface area contributed by atoms with E-state index < -0.39 is 0 Å². The molecule has 0 unspecified atom stereocenters. The highest BCUT2D eigenvalue weighted by Crippen LogP contribution is 2.33. The Balaban J connectivity index is 1.60. The normalized spacial score (nSPS) is 16.8. The molecule has 1 atom stereocenters. The van der Waals surface area contributed by atoms with E-state index in [4.69, 9.17) is 4.74 Å². The van der Waals surface area contributed by atoms with Crippen LogP contribution in [0, 0.1) is 5.92 Å². The minimum Gasteiger partial charge on any atom is -0.382 e. The molecular weight excluding hydrogens is 372 g/mol. The number of aromatic nitrogens is 2. The van der Waals surface area contributed by atoms with Gasteiger partial charge in [0.05, 0.1) is 5.92 Å². The van der Waals surface area contributed by atoms with E-state index in [0.717, 1.165) is 41.5 Å². The predicted octanol–water partition coefficient (Wildman–Crippen LogP) is 3.39. The van der Waals surface area contributed by atoms with Gasteiger partial charge in [-0.15, -0.1) is 0 Å². The number of amides is 1. The van der Waals surface area contributed by atoms with Crippen molar-refractivity contribution in [2.45, 2.75) is 36.1 Å². The van der Waals surface area contributed by atoms with Crippen molar-refractivity contribution in [3.63, 3.8) is 0 Å². The Morgan fingerprint density at radius 3 is 2.93 bits per heavy atom. The van der Waals surface area contributed by atoms with Crippen LogP contribution >= 0.6 is 11.8 Å². The zero-order valence-corrected chi connectivity index (χ0v) is 17.2. The highest BCUT2D eigenvalue weighted by atomic mass is 32.2. The second-order valence-corrected chi connectivity index (χ2v) is 7.79. The van der Waals surface area contributed by atoms with Gasteiger partial charge in [-0.2, -0.15) is 0 Å². The number of rotatable bonds is 9. The van der Waals surface area contributed by atoms with Crippen molar-refractivity contribution in [3.05, 3.63) is 42.7 Å². The molecule has 0 radical (unpaired) electrons. The molecule has 1 aromatic carbocycles. The lowest BCUT2D eigenvalue weighted by Gasteiger charge is -2.33. The lowest BCUT2D eigenvalue weighted by Crippen LogP contribution is -2.44. The molecule has 2 heterocycles. The van der Waals surface area contributed by atoms with Crippen LogP contribution in [0.15, 0.2) is 52.6 Å². The molecule has 6 nitrogen and oxygen atoms in total. The highest BCUT2D eigenvalue weighted by Gasteiger charge is 2.28. The number of hydrogen-bond donors (Lipinski definition) is 1. The Bertz CT molecular complexity index is 744. The summed E-state index contributed by atoms with van der Waals surface area (Å²) in [5.74, 6) is 0.977. The third kappa shape index (κ3) is 5.94. The number of benzene rings is 1. The number of carbonyl (C=O) groups excluding carboxylic acids is 1. The number of hydrogen-bond acceptors (Lipinski definition) is 6. The van der Waals surface area contributed by atoms with E-state index in [1.807, 2.05) is 25.1 Å². The SMILES string of the molecule is CCOCCCNC(=O)[C@H]1CCCN(c2nccnc2Sc2ccccc2)C1. The standard InChI is InChI=1S/C21H28N4O2S/c1-2-27-15-7-11-23-20(26)17-8-6-14-25(16-17)19-21(24-13-12-22-19)28-18-9-4-3-5-10-18/h3-5,9-10,12-13,17H,2,6-8,11,14-16H2,1H3,(H,23,26)/t17-/m0/s1. The van der Waals surface area contributed by atoms with Gasteiger partial charge in [-0.3, -0.25) is 4.79 Å². The summed E-state index contributed by atoms with van der Waals surface area (Å²) in [5, 5.41) is 3.93. The van der Waals surface area contributed by atoms with Crippen LogP contribution < -0.4 is 10.2 Å². The van der Waals surface area contributed by atoms with E-state index in [1.165, 1.54) is 0 Å². The fourth-order valence-electron chi connectivity index (χ4n) is 3.27. The number of piperidine rings is 1. The molecule has 1 aliphatic rings. The average molecular weight is 401 g/mol. The molecule has 0 bridgehead atoms. The number of nitrogens with zero attached hydrogens (tertiary/aromatic N) is 3.